The molecule has 2 aliphatic carbocycles. The number of carbonyl (C=O) groups excluding carboxylic acids is 1. The van der Waals surface area contributed by atoms with Crippen LogP contribution in [0.1, 0.15) is 31.2 Å². The van der Waals surface area contributed by atoms with Crippen molar-refractivity contribution in [2.75, 3.05) is 11.9 Å². The molecule has 3 N–H and O–H groups in total. The number of aliphatic hydroxyl groups is 2. The molecule has 11 heteroatoms. The van der Waals surface area contributed by atoms with Crippen molar-refractivity contribution in [1.29, 1.82) is 0 Å². The van der Waals surface area contributed by atoms with Gasteiger partial charge in [-0.25, -0.2) is 17.2 Å². The van der Waals surface area contributed by atoms with Crippen LogP contribution < -0.4 is 5.32 Å². The lowest BCUT2D eigenvalue weighted by molar-refractivity contribution is -0.111. The van der Waals surface area contributed by atoms with Gasteiger partial charge in [-0.2, -0.15) is 5.10 Å². The molecule has 2 aromatic rings. The molecule has 8 nitrogen and oxygen atoms in total. The first kappa shape index (κ1) is 24.5. The summed E-state index contributed by atoms with van der Waals surface area (Å²) in [6.45, 7) is -0.405. The van der Waals surface area contributed by atoms with Crippen LogP contribution in [0, 0.1) is 5.92 Å². The molecule has 1 aromatic carbocycles. The number of nitrogens with zero attached hydrogens (tertiary/aromatic N) is 2. The minimum atomic E-state index is -3.39. The van der Waals surface area contributed by atoms with Crippen LogP contribution >= 0.6 is 0 Å². The Morgan fingerprint density at radius 2 is 1.82 bits per heavy atom. The monoisotopic (exact) mass is 495 g/mol. The van der Waals surface area contributed by atoms with Crippen molar-refractivity contribution in [3.8, 4) is 0 Å². The smallest absolute Gasteiger partial charge is 0.257 e. The van der Waals surface area contributed by atoms with E-state index in [2.05, 4.69) is 10.4 Å². The Balaban J connectivity index is 1.57. The van der Waals surface area contributed by atoms with Crippen LogP contribution in [0.25, 0.3) is 5.57 Å². The van der Waals surface area contributed by atoms with Crippen LogP contribution in [0.15, 0.2) is 47.5 Å². The number of amides is 1. The summed E-state index contributed by atoms with van der Waals surface area (Å²) in [5, 5.41) is 24.9. The maximum Gasteiger partial charge on any atom is 0.257 e. The first-order valence-electron chi connectivity index (χ1n) is 11.2. The topological polar surface area (TPSA) is 122 Å². The number of hydrogen-bond donors (Lipinski definition) is 3. The fourth-order valence-electron chi connectivity index (χ4n) is 4.03. The Bertz CT molecular complexity index is 1150. The van der Waals surface area contributed by atoms with Gasteiger partial charge in [-0.05, 0) is 49.3 Å². The fourth-order valence-corrected chi connectivity index (χ4v) is 5.68. The van der Waals surface area contributed by atoms with Crippen LogP contribution in [0.3, 0.4) is 0 Å². The van der Waals surface area contributed by atoms with Crippen molar-refractivity contribution in [2.24, 2.45) is 5.92 Å². The van der Waals surface area contributed by atoms with Crippen LogP contribution in [-0.4, -0.2) is 64.6 Å². The quantitative estimate of drug-likeness (QED) is 0.459. The average Bonchev–Trinajstić information content (AvgIpc) is 3.52. The number of aromatic nitrogens is 2. The molecule has 0 saturated heterocycles. The van der Waals surface area contributed by atoms with Gasteiger partial charge in [-0.1, -0.05) is 18.2 Å². The van der Waals surface area contributed by atoms with Crippen molar-refractivity contribution < 1.29 is 32.2 Å². The van der Waals surface area contributed by atoms with Gasteiger partial charge < -0.3 is 15.5 Å². The zero-order valence-corrected chi connectivity index (χ0v) is 19.2. The number of anilines is 1. The maximum absolute atomic E-state index is 13.7. The lowest BCUT2D eigenvalue weighted by Gasteiger charge is -2.12. The second kappa shape index (κ2) is 9.93. The van der Waals surface area contributed by atoms with E-state index in [1.807, 2.05) is 0 Å². The Hall–Kier alpha value is -2.63. The number of alkyl halides is 2. The molecule has 2 aliphatic rings. The zero-order valence-electron chi connectivity index (χ0n) is 18.3. The number of carbonyl (C=O) groups is 1. The largest absolute Gasteiger partial charge is 0.394 e. The maximum atomic E-state index is 13.7. The molecule has 0 spiro atoms. The fraction of sp³-hybridized carbons (Fsp3) is 0.478. The second-order valence-electron chi connectivity index (χ2n) is 8.83. The van der Waals surface area contributed by atoms with Gasteiger partial charge in [-0.3, -0.25) is 9.48 Å². The summed E-state index contributed by atoms with van der Waals surface area (Å²) in [4.78, 5) is 13.3. The molecule has 34 heavy (non-hydrogen) atoms. The summed E-state index contributed by atoms with van der Waals surface area (Å²) in [6.07, 6.45) is 0.0438. The summed E-state index contributed by atoms with van der Waals surface area (Å²) in [7, 11) is -3.39. The second-order valence-corrected chi connectivity index (χ2v) is 11.1. The number of aliphatic hydroxyl groups excluding tert-OH is 2. The minimum Gasteiger partial charge on any atom is -0.394 e. The Morgan fingerprint density at radius 3 is 2.41 bits per heavy atom. The lowest BCUT2D eigenvalue weighted by Crippen LogP contribution is -2.20. The molecule has 4 atom stereocenters. The Kier molecular flexibility index (Phi) is 7.15. The molecule has 184 valence electrons. The predicted molar refractivity (Wildman–Crippen MR) is 121 cm³/mol. The van der Waals surface area contributed by atoms with E-state index in [0.29, 0.717) is 18.4 Å². The van der Waals surface area contributed by atoms with Crippen LogP contribution in [0.5, 0.6) is 0 Å². The number of nitrogens with one attached hydrogen (secondary N) is 1. The van der Waals surface area contributed by atoms with Crippen LogP contribution in [0.4, 0.5) is 14.6 Å². The summed E-state index contributed by atoms with van der Waals surface area (Å²) in [6, 6.07) is 7.44. The van der Waals surface area contributed by atoms with E-state index < -0.39 is 46.7 Å². The van der Waals surface area contributed by atoms with Crippen molar-refractivity contribution in [2.45, 2.75) is 60.8 Å². The molecular formula is C23H27F2N3O5S. The molecule has 1 amide bonds. The highest BCUT2D eigenvalue weighted by atomic mass is 32.2. The Labute approximate surface area is 196 Å². The van der Waals surface area contributed by atoms with Gasteiger partial charge in [0.05, 0.1) is 29.4 Å². The van der Waals surface area contributed by atoms with Crippen molar-refractivity contribution in [1.82, 2.24) is 9.78 Å². The Morgan fingerprint density at radius 1 is 1.18 bits per heavy atom. The highest BCUT2D eigenvalue weighted by Crippen LogP contribution is 2.36. The van der Waals surface area contributed by atoms with Crippen molar-refractivity contribution in [3.63, 3.8) is 0 Å². The summed E-state index contributed by atoms with van der Waals surface area (Å²) in [5.41, 5.74) is 0.576. The van der Waals surface area contributed by atoms with E-state index in [0.717, 1.165) is 0 Å². The molecule has 0 radical (unpaired) electrons. The molecule has 2 fully saturated rings. The molecule has 2 saturated carbocycles. The SMILES string of the molecule is O=C(Nc1ccn(C[C@@H](O)CO)n1)C(=CC1C[C@@H](F)[C@@H](F)C1)c1ccc(S(=O)(=O)C2CC2)cc1. The zero-order chi connectivity index (χ0) is 24.5. The predicted octanol–water partition coefficient (Wildman–Crippen LogP) is 2.28. The van der Waals surface area contributed by atoms with E-state index in [1.165, 1.54) is 47.3 Å². The third-order valence-corrected chi connectivity index (χ3v) is 8.32. The minimum absolute atomic E-state index is 0.0316. The molecule has 0 aliphatic heterocycles. The molecular weight excluding hydrogens is 468 g/mol. The standard InChI is InChI=1S/C23H27F2N3O5S/c24-20-10-14(11-21(20)25)9-19(15-1-3-17(4-2-15)34(32,33)18-5-6-18)23(31)26-22-7-8-28(27-22)12-16(30)13-29/h1-4,7-9,14,16,18,20-21,29-30H,5-6,10-13H2,(H,26,27,31)/t14?,16-,20-,21+/m1/s1. The highest BCUT2D eigenvalue weighted by Gasteiger charge is 2.37. The summed E-state index contributed by atoms with van der Waals surface area (Å²) >= 11 is 0. The number of halogens is 2. The molecule has 1 aromatic heterocycles. The highest BCUT2D eigenvalue weighted by molar-refractivity contribution is 7.92. The van der Waals surface area contributed by atoms with E-state index in [-0.39, 0.29) is 40.9 Å². The summed E-state index contributed by atoms with van der Waals surface area (Å²) < 4.78 is 53.8. The van der Waals surface area contributed by atoms with Gasteiger partial charge in [-0.15, -0.1) is 0 Å². The summed E-state index contributed by atoms with van der Waals surface area (Å²) in [5.74, 6) is -0.867. The number of allylic oxidation sites excluding steroid dienone is 1. The van der Waals surface area contributed by atoms with Gasteiger partial charge >= 0.3 is 0 Å². The van der Waals surface area contributed by atoms with Gasteiger partial charge in [0.2, 0.25) is 0 Å². The van der Waals surface area contributed by atoms with E-state index in [4.69, 9.17) is 5.11 Å². The molecule has 1 unspecified atom stereocenters. The van der Waals surface area contributed by atoms with E-state index >= 15 is 0 Å². The van der Waals surface area contributed by atoms with Gasteiger partial charge in [0.25, 0.3) is 5.91 Å². The van der Waals surface area contributed by atoms with Crippen LogP contribution in [-0.2, 0) is 21.2 Å². The first-order valence-corrected chi connectivity index (χ1v) is 12.7. The third-order valence-electron chi connectivity index (χ3n) is 6.04. The van der Waals surface area contributed by atoms with Gasteiger partial charge in [0.1, 0.15) is 12.3 Å². The number of rotatable bonds is 9. The first-order chi connectivity index (χ1) is 16.2. The third kappa shape index (κ3) is 5.53. The molecule has 1 heterocycles. The molecule has 0 bridgehead atoms. The normalized spacial score (nSPS) is 24.2. The van der Waals surface area contributed by atoms with Gasteiger partial charge in [0, 0.05) is 17.8 Å². The van der Waals surface area contributed by atoms with E-state index in [9.17, 15) is 27.1 Å². The number of hydrogen-bond acceptors (Lipinski definition) is 6. The van der Waals surface area contributed by atoms with Crippen molar-refractivity contribution >= 4 is 27.1 Å². The number of benzene rings is 1. The van der Waals surface area contributed by atoms with Crippen molar-refractivity contribution in [3.05, 3.63) is 48.2 Å². The average molecular weight is 496 g/mol. The number of sulfone groups is 1. The van der Waals surface area contributed by atoms with E-state index in [1.54, 1.807) is 0 Å². The van der Waals surface area contributed by atoms with Crippen LogP contribution in [0.2, 0.25) is 0 Å². The van der Waals surface area contributed by atoms with Gasteiger partial charge in [0.15, 0.2) is 15.7 Å². The lowest BCUT2D eigenvalue weighted by atomic mass is 9.98. The molecule has 4 rings (SSSR count).